The lowest BCUT2D eigenvalue weighted by atomic mass is 9.68. The average Bonchev–Trinajstić information content (AvgIpc) is 3.78. The molecule has 3 fully saturated rings. The van der Waals surface area contributed by atoms with Crippen molar-refractivity contribution in [3.8, 4) is 11.5 Å². The fourth-order valence-electron chi connectivity index (χ4n) is 5.49. The number of aliphatic hydroxyl groups is 1. The number of carbonyl (C=O) groups is 1. The van der Waals surface area contributed by atoms with Crippen LogP contribution in [0.25, 0.3) is 6.08 Å². The number of ether oxygens (including phenoxy) is 6. The van der Waals surface area contributed by atoms with Crippen molar-refractivity contribution >= 4 is 12.0 Å². The zero-order valence-corrected chi connectivity index (χ0v) is 21.8. The van der Waals surface area contributed by atoms with Gasteiger partial charge in [-0.1, -0.05) is 17.7 Å². The number of methoxy groups -OCH3 is 2. The number of epoxide rings is 2. The second-order valence-corrected chi connectivity index (χ2v) is 10.2. The predicted molar refractivity (Wildman–Crippen MR) is 134 cm³/mol. The van der Waals surface area contributed by atoms with Gasteiger partial charge in [-0.25, -0.2) is 4.79 Å². The predicted octanol–water partition coefficient (Wildman–Crippen LogP) is 3.70. The van der Waals surface area contributed by atoms with Crippen LogP contribution >= 0.6 is 0 Å². The Balaban J connectivity index is 1.43. The Morgan fingerprint density at radius 3 is 2.67 bits per heavy atom. The van der Waals surface area contributed by atoms with Gasteiger partial charge in [0.05, 0.1) is 32.3 Å². The number of hydrogen-bond donors (Lipinski definition) is 1. The minimum absolute atomic E-state index is 0.0195. The van der Waals surface area contributed by atoms with Gasteiger partial charge in [-0.3, -0.25) is 0 Å². The van der Waals surface area contributed by atoms with E-state index in [0.717, 1.165) is 18.4 Å². The van der Waals surface area contributed by atoms with Crippen molar-refractivity contribution in [2.24, 2.45) is 5.92 Å². The van der Waals surface area contributed by atoms with Crippen molar-refractivity contribution in [1.29, 1.82) is 0 Å². The molecule has 1 saturated carbocycles. The van der Waals surface area contributed by atoms with Crippen LogP contribution in [-0.2, 0) is 23.7 Å². The van der Waals surface area contributed by atoms with E-state index in [1.54, 1.807) is 32.4 Å². The molecule has 1 spiro atoms. The van der Waals surface area contributed by atoms with E-state index in [2.05, 4.69) is 26.8 Å². The molecule has 2 aliphatic heterocycles. The van der Waals surface area contributed by atoms with Gasteiger partial charge >= 0.3 is 5.97 Å². The minimum atomic E-state index is -0.440. The molecular weight excluding hydrogens is 464 g/mol. The zero-order valence-electron chi connectivity index (χ0n) is 21.8. The van der Waals surface area contributed by atoms with E-state index in [4.69, 9.17) is 33.5 Å². The lowest BCUT2D eigenvalue weighted by molar-refractivity contribution is -0.166. The van der Waals surface area contributed by atoms with E-state index in [9.17, 15) is 4.79 Å². The van der Waals surface area contributed by atoms with Gasteiger partial charge in [0.15, 0.2) is 11.5 Å². The Morgan fingerprint density at radius 2 is 2.03 bits per heavy atom. The molecule has 36 heavy (non-hydrogen) atoms. The largest absolute Gasteiger partial charge is 0.493 e. The quantitative estimate of drug-likeness (QED) is 0.212. The molecule has 2 saturated heterocycles. The first-order valence-electron chi connectivity index (χ1n) is 12.5. The van der Waals surface area contributed by atoms with Gasteiger partial charge in [0, 0.05) is 13.2 Å². The summed E-state index contributed by atoms with van der Waals surface area (Å²) in [6.45, 7) is 7.02. The smallest absolute Gasteiger partial charge is 0.331 e. The van der Waals surface area contributed by atoms with Gasteiger partial charge in [-0.2, -0.15) is 0 Å². The van der Waals surface area contributed by atoms with Crippen LogP contribution in [-0.4, -0.2) is 74.6 Å². The molecule has 0 aromatic heterocycles. The number of benzene rings is 1. The van der Waals surface area contributed by atoms with Crippen LogP contribution in [0.3, 0.4) is 0 Å². The number of esters is 1. The number of rotatable bonds is 11. The van der Waals surface area contributed by atoms with Crippen molar-refractivity contribution in [2.45, 2.75) is 69.5 Å². The molecule has 1 aromatic rings. The fourth-order valence-corrected chi connectivity index (χ4v) is 5.49. The van der Waals surface area contributed by atoms with E-state index in [1.165, 1.54) is 11.6 Å². The van der Waals surface area contributed by atoms with Gasteiger partial charge in [-0.05, 0) is 63.8 Å². The Labute approximate surface area is 213 Å². The van der Waals surface area contributed by atoms with Crippen molar-refractivity contribution < 1.29 is 38.3 Å². The van der Waals surface area contributed by atoms with Crippen molar-refractivity contribution in [2.75, 3.05) is 34.0 Å². The first kappa shape index (κ1) is 26.7. The second-order valence-electron chi connectivity index (χ2n) is 10.2. The fraction of sp³-hybridized carbons (Fsp3) is 0.607. The molecule has 3 aliphatic rings. The summed E-state index contributed by atoms with van der Waals surface area (Å²) in [7, 11) is 3.21. The first-order valence-corrected chi connectivity index (χ1v) is 12.5. The third kappa shape index (κ3) is 5.62. The Hall–Kier alpha value is -2.39. The van der Waals surface area contributed by atoms with Crippen LogP contribution in [0.15, 0.2) is 35.9 Å². The lowest BCUT2D eigenvalue weighted by Crippen LogP contribution is -2.55. The molecule has 1 aliphatic carbocycles. The van der Waals surface area contributed by atoms with E-state index >= 15 is 0 Å². The van der Waals surface area contributed by atoms with Gasteiger partial charge in [-0.15, -0.1) is 0 Å². The molecule has 0 bridgehead atoms. The summed E-state index contributed by atoms with van der Waals surface area (Å²) >= 11 is 0. The highest BCUT2D eigenvalue weighted by atomic mass is 16.6. The third-order valence-electron chi connectivity index (χ3n) is 7.45. The monoisotopic (exact) mass is 502 g/mol. The van der Waals surface area contributed by atoms with Gasteiger partial charge in [0.1, 0.15) is 30.0 Å². The van der Waals surface area contributed by atoms with Crippen LogP contribution in [0.1, 0.15) is 45.6 Å². The van der Waals surface area contributed by atoms with Crippen molar-refractivity contribution in [1.82, 2.24) is 0 Å². The van der Waals surface area contributed by atoms with Gasteiger partial charge in [0.2, 0.25) is 0 Å². The molecule has 8 heteroatoms. The van der Waals surface area contributed by atoms with Crippen LogP contribution < -0.4 is 9.47 Å². The SMILES string of the molecule is COc1ccc(/C=C/C(=O)O[C@@H]2CC[C@]3(CO3)[C@@H]([C@@]3(C)O[C@H]3CC=C(C)C)[C@@H]2OC)cc1OCCO. The second kappa shape index (κ2) is 10.9. The normalized spacial score (nSPS) is 32.8. The molecule has 2 heterocycles. The highest BCUT2D eigenvalue weighted by molar-refractivity contribution is 5.87. The molecule has 0 radical (unpaired) electrons. The van der Waals surface area contributed by atoms with Gasteiger partial charge < -0.3 is 33.5 Å². The highest BCUT2D eigenvalue weighted by Crippen LogP contribution is 2.59. The van der Waals surface area contributed by atoms with E-state index in [0.29, 0.717) is 24.5 Å². The van der Waals surface area contributed by atoms with E-state index < -0.39 is 12.1 Å². The summed E-state index contributed by atoms with van der Waals surface area (Å²) in [5, 5.41) is 9.04. The maximum atomic E-state index is 12.8. The summed E-state index contributed by atoms with van der Waals surface area (Å²) in [5.74, 6) is 0.583. The first-order chi connectivity index (χ1) is 17.3. The van der Waals surface area contributed by atoms with Gasteiger partial charge in [0.25, 0.3) is 0 Å². The standard InChI is InChI=1S/C28H38O8/c1-18(2)6-10-23-27(3,36-23)26-25(32-5)21(12-13-28(26)17-34-28)35-24(30)11-8-19-7-9-20(31-4)22(16-19)33-15-14-29/h6-9,11,16,21,23,25-26,29H,10,12-15,17H2,1-5H3/b11-8+/t21-,23+,25-,26-,27+,28+/m1/s1. The Bertz CT molecular complexity index is 993. The highest BCUT2D eigenvalue weighted by Gasteiger charge is 2.72. The number of allylic oxidation sites excluding steroid dienone is 1. The maximum absolute atomic E-state index is 12.8. The molecule has 0 unspecified atom stereocenters. The summed E-state index contributed by atoms with van der Waals surface area (Å²) in [6.07, 6.45) is 6.98. The number of hydrogen-bond acceptors (Lipinski definition) is 8. The molecule has 1 aromatic carbocycles. The van der Waals surface area contributed by atoms with E-state index in [1.807, 2.05) is 6.07 Å². The topological polar surface area (TPSA) is 99.3 Å². The Morgan fingerprint density at radius 1 is 1.25 bits per heavy atom. The summed E-state index contributed by atoms with van der Waals surface area (Å²) in [5.41, 5.74) is 1.37. The van der Waals surface area contributed by atoms with E-state index in [-0.39, 0.29) is 42.5 Å². The number of aliphatic hydroxyl groups excluding tert-OH is 1. The average molecular weight is 503 g/mol. The molecular formula is C28H38O8. The molecule has 0 amide bonds. The van der Waals surface area contributed by atoms with Crippen LogP contribution in [0.5, 0.6) is 11.5 Å². The van der Waals surface area contributed by atoms with Crippen molar-refractivity contribution in [3.63, 3.8) is 0 Å². The van der Waals surface area contributed by atoms with Crippen molar-refractivity contribution in [3.05, 3.63) is 41.5 Å². The number of carbonyl (C=O) groups excluding carboxylic acids is 1. The van der Waals surface area contributed by atoms with Crippen LogP contribution in [0, 0.1) is 5.92 Å². The Kier molecular flexibility index (Phi) is 8.09. The van der Waals surface area contributed by atoms with Crippen LogP contribution in [0.2, 0.25) is 0 Å². The molecule has 1 N–H and O–H groups in total. The summed E-state index contributed by atoms with van der Waals surface area (Å²) < 4.78 is 34.8. The van der Waals surface area contributed by atoms with Crippen LogP contribution in [0.4, 0.5) is 0 Å². The maximum Gasteiger partial charge on any atom is 0.331 e. The summed E-state index contributed by atoms with van der Waals surface area (Å²) in [4.78, 5) is 12.8. The molecule has 6 atom stereocenters. The lowest BCUT2D eigenvalue weighted by Gasteiger charge is -2.42. The molecule has 4 rings (SSSR count). The molecule has 8 nitrogen and oxygen atoms in total. The zero-order chi connectivity index (χ0) is 25.9. The summed E-state index contributed by atoms with van der Waals surface area (Å²) in [6, 6.07) is 5.31. The third-order valence-corrected chi connectivity index (χ3v) is 7.45. The molecule has 198 valence electrons. The minimum Gasteiger partial charge on any atom is -0.493 e.